The Balaban J connectivity index is 2.08. The SMILES string of the molecule is OC(c1cc(Cl)c(Br)s1)C1CCCNC1. The Morgan fingerprint density at radius 2 is 2.47 bits per heavy atom. The summed E-state index contributed by atoms with van der Waals surface area (Å²) in [5.41, 5.74) is 0. The Morgan fingerprint density at radius 3 is 3.00 bits per heavy atom. The maximum Gasteiger partial charge on any atom is 0.0923 e. The molecule has 15 heavy (non-hydrogen) atoms. The highest BCUT2D eigenvalue weighted by atomic mass is 79.9. The lowest BCUT2D eigenvalue weighted by molar-refractivity contribution is 0.0953. The molecule has 0 bridgehead atoms. The number of piperidine rings is 1. The predicted octanol–water partition coefficient (Wildman–Crippen LogP) is 3.20. The van der Waals surface area contributed by atoms with E-state index in [-0.39, 0.29) is 6.10 Å². The molecule has 2 atom stereocenters. The van der Waals surface area contributed by atoms with E-state index in [9.17, 15) is 5.11 Å². The van der Waals surface area contributed by atoms with Crippen molar-refractivity contribution in [2.45, 2.75) is 18.9 Å². The smallest absolute Gasteiger partial charge is 0.0923 e. The van der Waals surface area contributed by atoms with E-state index in [0.29, 0.717) is 10.9 Å². The number of halogens is 2. The van der Waals surface area contributed by atoms with Crippen molar-refractivity contribution in [1.82, 2.24) is 5.32 Å². The van der Waals surface area contributed by atoms with Crippen LogP contribution in [-0.2, 0) is 0 Å². The lowest BCUT2D eigenvalue weighted by Crippen LogP contribution is -2.33. The normalized spacial score (nSPS) is 24.1. The maximum atomic E-state index is 10.2. The fourth-order valence-corrected chi connectivity index (χ4v) is 3.72. The van der Waals surface area contributed by atoms with Crippen LogP contribution in [0.3, 0.4) is 0 Å². The van der Waals surface area contributed by atoms with Crippen molar-refractivity contribution in [1.29, 1.82) is 0 Å². The molecular weight excluding hydrogens is 298 g/mol. The van der Waals surface area contributed by atoms with Crippen LogP contribution >= 0.6 is 38.9 Å². The molecule has 1 aliphatic rings. The molecule has 1 fully saturated rings. The number of thiophene rings is 1. The highest BCUT2D eigenvalue weighted by Gasteiger charge is 2.24. The Bertz CT molecular complexity index is 319. The summed E-state index contributed by atoms with van der Waals surface area (Å²) in [6.07, 6.45) is 1.84. The molecule has 5 heteroatoms. The monoisotopic (exact) mass is 309 g/mol. The standard InChI is InChI=1S/C10H13BrClNOS/c11-10-7(12)4-8(15-10)9(14)6-2-1-3-13-5-6/h4,6,9,13-14H,1-3,5H2. The van der Waals surface area contributed by atoms with E-state index < -0.39 is 0 Å². The molecule has 84 valence electrons. The van der Waals surface area contributed by atoms with Gasteiger partial charge in [-0.2, -0.15) is 0 Å². The predicted molar refractivity (Wildman–Crippen MR) is 67.6 cm³/mol. The van der Waals surface area contributed by atoms with Gasteiger partial charge >= 0.3 is 0 Å². The van der Waals surface area contributed by atoms with Gasteiger partial charge in [-0.3, -0.25) is 0 Å². The van der Waals surface area contributed by atoms with Crippen molar-refractivity contribution in [2.24, 2.45) is 5.92 Å². The summed E-state index contributed by atoms with van der Waals surface area (Å²) in [5.74, 6) is 0.320. The fraction of sp³-hybridized carbons (Fsp3) is 0.600. The second kappa shape index (κ2) is 5.15. The molecule has 0 amide bonds. The third-order valence-electron chi connectivity index (χ3n) is 2.74. The highest BCUT2D eigenvalue weighted by molar-refractivity contribution is 9.11. The third-order valence-corrected chi connectivity index (χ3v) is 5.28. The van der Waals surface area contributed by atoms with Gasteiger partial charge < -0.3 is 10.4 Å². The number of rotatable bonds is 2. The van der Waals surface area contributed by atoms with Gasteiger partial charge in [-0.05, 0) is 41.4 Å². The van der Waals surface area contributed by atoms with Gasteiger partial charge in [-0.15, -0.1) is 11.3 Å². The van der Waals surface area contributed by atoms with E-state index in [4.69, 9.17) is 11.6 Å². The molecule has 2 unspecified atom stereocenters. The van der Waals surface area contributed by atoms with E-state index >= 15 is 0 Å². The number of hydrogen-bond donors (Lipinski definition) is 2. The van der Waals surface area contributed by atoms with E-state index in [1.165, 1.54) is 11.3 Å². The minimum absolute atomic E-state index is 0.320. The first-order valence-corrected chi connectivity index (χ1v) is 7.00. The van der Waals surface area contributed by atoms with Crippen molar-refractivity contribution >= 4 is 38.9 Å². The van der Waals surface area contributed by atoms with Crippen LogP contribution < -0.4 is 5.32 Å². The van der Waals surface area contributed by atoms with Crippen LogP contribution in [0.4, 0.5) is 0 Å². The topological polar surface area (TPSA) is 32.3 Å². The molecule has 2 N–H and O–H groups in total. The first-order valence-electron chi connectivity index (χ1n) is 5.02. The molecular formula is C10H13BrClNOS. The lowest BCUT2D eigenvalue weighted by Gasteiger charge is -2.26. The Kier molecular flexibility index (Phi) is 4.07. The second-order valence-electron chi connectivity index (χ2n) is 3.82. The summed E-state index contributed by atoms with van der Waals surface area (Å²) in [6, 6.07) is 1.86. The van der Waals surface area contributed by atoms with E-state index in [1.807, 2.05) is 6.07 Å². The van der Waals surface area contributed by atoms with Gasteiger partial charge in [-0.1, -0.05) is 11.6 Å². The first-order chi connectivity index (χ1) is 7.18. The molecule has 2 heterocycles. The summed E-state index contributed by atoms with van der Waals surface area (Å²) in [6.45, 7) is 1.96. The van der Waals surface area contributed by atoms with Crippen LogP contribution in [0.1, 0.15) is 23.8 Å². The van der Waals surface area contributed by atoms with Crippen molar-refractivity contribution < 1.29 is 5.11 Å². The molecule has 1 aromatic rings. The number of aliphatic hydroxyl groups is 1. The maximum absolute atomic E-state index is 10.2. The van der Waals surface area contributed by atoms with Crippen molar-refractivity contribution in [3.63, 3.8) is 0 Å². The number of nitrogens with one attached hydrogen (secondary N) is 1. The Labute approximate surface area is 107 Å². The number of hydrogen-bond acceptors (Lipinski definition) is 3. The lowest BCUT2D eigenvalue weighted by atomic mass is 9.93. The Morgan fingerprint density at radius 1 is 1.67 bits per heavy atom. The summed E-state index contributed by atoms with van der Waals surface area (Å²) in [4.78, 5) is 0.959. The molecule has 0 aliphatic carbocycles. The van der Waals surface area contributed by atoms with Gasteiger partial charge in [0.05, 0.1) is 14.9 Å². The fourth-order valence-electron chi connectivity index (χ4n) is 1.89. The summed E-state index contributed by atoms with van der Waals surface area (Å²) in [5, 5.41) is 14.2. The molecule has 2 rings (SSSR count). The average Bonchev–Trinajstić information content (AvgIpc) is 2.59. The molecule has 0 spiro atoms. The summed E-state index contributed by atoms with van der Waals surface area (Å²) < 4.78 is 0.905. The molecule has 1 saturated heterocycles. The second-order valence-corrected chi connectivity index (χ2v) is 6.63. The quantitative estimate of drug-likeness (QED) is 0.879. The van der Waals surface area contributed by atoms with E-state index in [1.54, 1.807) is 0 Å². The van der Waals surface area contributed by atoms with E-state index in [0.717, 1.165) is 34.6 Å². The van der Waals surface area contributed by atoms with Crippen LogP contribution in [0.2, 0.25) is 5.02 Å². The van der Waals surface area contributed by atoms with Gasteiger partial charge in [0.15, 0.2) is 0 Å². The highest BCUT2D eigenvalue weighted by Crippen LogP contribution is 2.38. The third kappa shape index (κ3) is 2.74. The number of aliphatic hydroxyl groups excluding tert-OH is 1. The van der Waals surface area contributed by atoms with Crippen LogP contribution in [0.5, 0.6) is 0 Å². The average molecular weight is 311 g/mol. The van der Waals surface area contributed by atoms with Crippen LogP contribution in [0.25, 0.3) is 0 Å². The molecule has 1 aliphatic heterocycles. The van der Waals surface area contributed by atoms with Crippen LogP contribution in [-0.4, -0.2) is 18.2 Å². The van der Waals surface area contributed by atoms with Gasteiger partial charge in [0.1, 0.15) is 0 Å². The molecule has 0 radical (unpaired) electrons. The van der Waals surface area contributed by atoms with Gasteiger partial charge in [0.2, 0.25) is 0 Å². The van der Waals surface area contributed by atoms with E-state index in [2.05, 4.69) is 21.2 Å². The molecule has 0 aromatic carbocycles. The molecule has 2 nitrogen and oxygen atoms in total. The largest absolute Gasteiger partial charge is 0.387 e. The molecule has 1 aromatic heterocycles. The van der Waals surface area contributed by atoms with Crippen molar-refractivity contribution in [2.75, 3.05) is 13.1 Å². The summed E-state index contributed by atoms with van der Waals surface area (Å²) in [7, 11) is 0. The van der Waals surface area contributed by atoms with Gasteiger partial charge in [0.25, 0.3) is 0 Å². The zero-order valence-electron chi connectivity index (χ0n) is 8.17. The van der Waals surface area contributed by atoms with Crippen molar-refractivity contribution in [3.05, 3.63) is 19.8 Å². The first kappa shape index (κ1) is 11.9. The Hall–Kier alpha value is 0.390. The van der Waals surface area contributed by atoms with Crippen molar-refractivity contribution in [3.8, 4) is 0 Å². The molecule has 0 saturated carbocycles. The zero-order chi connectivity index (χ0) is 10.8. The summed E-state index contributed by atoms with van der Waals surface area (Å²) >= 11 is 10.8. The van der Waals surface area contributed by atoms with Crippen LogP contribution in [0, 0.1) is 5.92 Å². The minimum atomic E-state index is -0.383. The van der Waals surface area contributed by atoms with Gasteiger partial charge in [0, 0.05) is 17.3 Å². The van der Waals surface area contributed by atoms with Crippen LogP contribution in [0.15, 0.2) is 9.85 Å². The zero-order valence-corrected chi connectivity index (χ0v) is 11.3. The van der Waals surface area contributed by atoms with Gasteiger partial charge in [-0.25, -0.2) is 0 Å². The minimum Gasteiger partial charge on any atom is -0.387 e.